The highest BCUT2D eigenvalue weighted by molar-refractivity contribution is 9.10. The van der Waals surface area contributed by atoms with E-state index in [1.54, 1.807) is 18.2 Å². The zero-order chi connectivity index (χ0) is 11.3. The van der Waals surface area contributed by atoms with Gasteiger partial charge < -0.3 is 5.73 Å². The molecule has 0 atom stereocenters. The number of halogens is 1. The zero-order valence-corrected chi connectivity index (χ0v) is 10.5. The second kappa shape index (κ2) is 5.48. The first kappa shape index (κ1) is 12.5. The molecule has 0 aliphatic carbocycles. The van der Waals surface area contributed by atoms with Gasteiger partial charge in [0.05, 0.1) is 11.4 Å². The fourth-order valence-electron chi connectivity index (χ4n) is 1.04. The van der Waals surface area contributed by atoms with Crippen LogP contribution in [0.5, 0.6) is 0 Å². The smallest absolute Gasteiger partial charge is 0.232 e. The second-order valence-electron chi connectivity index (χ2n) is 3.04. The van der Waals surface area contributed by atoms with E-state index in [1.807, 2.05) is 6.07 Å². The molecule has 0 bridgehead atoms. The van der Waals surface area contributed by atoms with Crippen LogP contribution in [0.15, 0.2) is 28.7 Å². The van der Waals surface area contributed by atoms with Crippen molar-refractivity contribution in [3.8, 4) is 0 Å². The minimum Gasteiger partial charge on any atom is -0.330 e. The van der Waals surface area contributed by atoms with Crippen LogP contribution in [0.25, 0.3) is 0 Å². The molecule has 0 radical (unpaired) electrons. The van der Waals surface area contributed by atoms with Gasteiger partial charge in [-0.15, -0.1) is 0 Å². The Hall–Kier alpha value is -0.590. The quantitative estimate of drug-likeness (QED) is 0.865. The third-order valence-corrected chi connectivity index (χ3v) is 3.81. The maximum Gasteiger partial charge on any atom is 0.232 e. The van der Waals surface area contributed by atoms with E-state index in [1.165, 1.54) is 0 Å². The zero-order valence-electron chi connectivity index (χ0n) is 8.11. The minimum atomic E-state index is -3.28. The molecule has 1 aromatic carbocycles. The first-order valence-corrected chi connectivity index (χ1v) is 6.95. The summed E-state index contributed by atoms with van der Waals surface area (Å²) in [6.45, 7) is 0.372. The Labute approximate surface area is 98.0 Å². The van der Waals surface area contributed by atoms with Crippen molar-refractivity contribution in [3.63, 3.8) is 0 Å². The third-order valence-electron chi connectivity index (χ3n) is 1.76. The summed E-state index contributed by atoms with van der Waals surface area (Å²) < 4.78 is 26.3. The molecule has 0 amide bonds. The molecular weight excluding hydrogens is 280 g/mol. The van der Waals surface area contributed by atoms with Crippen LogP contribution in [0.2, 0.25) is 0 Å². The summed E-state index contributed by atoms with van der Waals surface area (Å²) >= 11 is 3.27. The van der Waals surface area contributed by atoms with Gasteiger partial charge in [-0.05, 0) is 41.0 Å². The lowest BCUT2D eigenvalue weighted by atomic mass is 10.3. The van der Waals surface area contributed by atoms with Crippen LogP contribution in [-0.2, 0) is 10.0 Å². The van der Waals surface area contributed by atoms with E-state index in [4.69, 9.17) is 5.73 Å². The molecule has 0 spiro atoms. The SMILES string of the molecule is NCCCS(=O)(=O)Nc1ccccc1Br. The molecule has 1 aromatic rings. The lowest BCUT2D eigenvalue weighted by Crippen LogP contribution is -2.19. The summed E-state index contributed by atoms with van der Waals surface area (Å²) in [7, 11) is -3.28. The first-order chi connectivity index (χ1) is 7.05. The van der Waals surface area contributed by atoms with Crippen LogP contribution in [0.4, 0.5) is 5.69 Å². The van der Waals surface area contributed by atoms with Gasteiger partial charge in [-0.1, -0.05) is 12.1 Å². The van der Waals surface area contributed by atoms with E-state index in [2.05, 4.69) is 20.7 Å². The summed E-state index contributed by atoms with van der Waals surface area (Å²) in [6.07, 6.45) is 0.458. The van der Waals surface area contributed by atoms with Crippen molar-refractivity contribution in [2.45, 2.75) is 6.42 Å². The number of nitrogens with two attached hydrogens (primary N) is 1. The predicted octanol–water partition coefficient (Wildman–Crippen LogP) is 1.54. The molecule has 0 aromatic heterocycles. The maximum atomic E-state index is 11.5. The molecule has 0 saturated heterocycles. The number of hydrogen-bond acceptors (Lipinski definition) is 3. The number of hydrogen-bond donors (Lipinski definition) is 2. The highest BCUT2D eigenvalue weighted by Crippen LogP contribution is 2.22. The normalized spacial score (nSPS) is 11.3. The Morgan fingerprint density at radius 3 is 2.60 bits per heavy atom. The Morgan fingerprint density at radius 1 is 1.33 bits per heavy atom. The molecular formula is C9H13BrN2O2S. The fourth-order valence-corrected chi connectivity index (χ4v) is 2.71. The Balaban J connectivity index is 2.74. The Kier molecular flexibility index (Phi) is 4.56. The molecule has 1 rings (SSSR count). The van der Waals surface area contributed by atoms with Gasteiger partial charge >= 0.3 is 0 Å². The van der Waals surface area contributed by atoms with Crippen LogP contribution >= 0.6 is 15.9 Å². The molecule has 0 saturated carbocycles. The highest BCUT2D eigenvalue weighted by Gasteiger charge is 2.10. The van der Waals surface area contributed by atoms with Gasteiger partial charge in [0, 0.05) is 4.47 Å². The third kappa shape index (κ3) is 4.19. The van der Waals surface area contributed by atoms with Gasteiger partial charge in [0.1, 0.15) is 0 Å². The van der Waals surface area contributed by atoms with Crippen molar-refractivity contribution in [1.29, 1.82) is 0 Å². The monoisotopic (exact) mass is 292 g/mol. The molecule has 6 heteroatoms. The maximum absolute atomic E-state index is 11.5. The number of sulfonamides is 1. The first-order valence-electron chi connectivity index (χ1n) is 4.50. The standard InChI is InChI=1S/C9H13BrN2O2S/c10-8-4-1-2-5-9(8)12-15(13,14)7-3-6-11/h1-2,4-5,12H,3,6-7,11H2. The van der Waals surface area contributed by atoms with Crippen molar-refractivity contribution >= 4 is 31.6 Å². The number of rotatable bonds is 5. The molecule has 84 valence electrons. The van der Waals surface area contributed by atoms with E-state index in [-0.39, 0.29) is 5.75 Å². The van der Waals surface area contributed by atoms with Crippen LogP contribution in [0.3, 0.4) is 0 Å². The van der Waals surface area contributed by atoms with Crippen molar-refractivity contribution in [2.75, 3.05) is 17.0 Å². The van der Waals surface area contributed by atoms with Crippen molar-refractivity contribution in [2.24, 2.45) is 5.73 Å². The van der Waals surface area contributed by atoms with Crippen LogP contribution < -0.4 is 10.5 Å². The molecule has 0 fully saturated rings. The summed E-state index contributed by atoms with van der Waals surface area (Å²) in [5, 5.41) is 0. The highest BCUT2D eigenvalue weighted by atomic mass is 79.9. The molecule has 0 heterocycles. The van der Waals surface area contributed by atoms with Crippen molar-refractivity contribution in [3.05, 3.63) is 28.7 Å². The molecule has 0 aliphatic rings. The lowest BCUT2D eigenvalue weighted by molar-refractivity contribution is 0.598. The summed E-state index contributed by atoms with van der Waals surface area (Å²) in [6, 6.07) is 7.07. The van der Waals surface area contributed by atoms with E-state index in [0.717, 1.165) is 4.47 Å². The van der Waals surface area contributed by atoms with Crippen molar-refractivity contribution in [1.82, 2.24) is 0 Å². The van der Waals surface area contributed by atoms with E-state index < -0.39 is 10.0 Å². The van der Waals surface area contributed by atoms with Crippen LogP contribution in [0.1, 0.15) is 6.42 Å². The number of para-hydroxylation sites is 1. The fraction of sp³-hybridized carbons (Fsp3) is 0.333. The molecule has 0 aliphatic heterocycles. The second-order valence-corrected chi connectivity index (χ2v) is 5.74. The Bertz CT molecular complexity index is 420. The number of anilines is 1. The van der Waals surface area contributed by atoms with Gasteiger partial charge in [0.15, 0.2) is 0 Å². The van der Waals surface area contributed by atoms with Gasteiger partial charge in [-0.2, -0.15) is 0 Å². The average molecular weight is 293 g/mol. The van der Waals surface area contributed by atoms with Gasteiger partial charge in [-0.25, -0.2) is 8.42 Å². The summed E-state index contributed by atoms with van der Waals surface area (Å²) in [5.74, 6) is 0.0465. The van der Waals surface area contributed by atoms with Crippen LogP contribution in [-0.4, -0.2) is 20.7 Å². The minimum absolute atomic E-state index is 0.0465. The van der Waals surface area contributed by atoms with E-state index in [9.17, 15) is 8.42 Å². The number of nitrogens with one attached hydrogen (secondary N) is 1. The largest absolute Gasteiger partial charge is 0.330 e. The Morgan fingerprint density at radius 2 is 2.00 bits per heavy atom. The molecule has 3 N–H and O–H groups in total. The van der Waals surface area contributed by atoms with Crippen LogP contribution in [0, 0.1) is 0 Å². The molecule has 0 unspecified atom stereocenters. The number of benzene rings is 1. The topological polar surface area (TPSA) is 72.2 Å². The molecule has 15 heavy (non-hydrogen) atoms. The average Bonchev–Trinajstić information content (AvgIpc) is 2.18. The van der Waals surface area contributed by atoms with Gasteiger partial charge in [0.2, 0.25) is 10.0 Å². The van der Waals surface area contributed by atoms with Gasteiger partial charge in [-0.3, -0.25) is 4.72 Å². The van der Waals surface area contributed by atoms with E-state index in [0.29, 0.717) is 18.7 Å². The summed E-state index contributed by atoms with van der Waals surface area (Å²) in [5.41, 5.74) is 5.81. The lowest BCUT2D eigenvalue weighted by Gasteiger charge is -2.08. The van der Waals surface area contributed by atoms with E-state index >= 15 is 0 Å². The molecule has 4 nitrogen and oxygen atoms in total. The predicted molar refractivity (Wildman–Crippen MR) is 65.2 cm³/mol. The van der Waals surface area contributed by atoms with Gasteiger partial charge in [0.25, 0.3) is 0 Å². The van der Waals surface area contributed by atoms with Crippen molar-refractivity contribution < 1.29 is 8.42 Å². The summed E-state index contributed by atoms with van der Waals surface area (Å²) in [4.78, 5) is 0.